The van der Waals surface area contributed by atoms with Crippen LogP contribution >= 0.6 is 0 Å². The maximum Gasteiger partial charge on any atom is 0.330 e. The summed E-state index contributed by atoms with van der Waals surface area (Å²) in [5.41, 5.74) is 0. The van der Waals surface area contributed by atoms with Crippen LogP contribution in [0.5, 0.6) is 0 Å². The van der Waals surface area contributed by atoms with Gasteiger partial charge in [0.1, 0.15) is 0 Å². The molecule has 98 valence electrons. The minimum atomic E-state index is -0.934. The van der Waals surface area contributed by atoms with Gasteiger partial charge in [-0.2, -0.15) is 0 Å². The highest BCUT2D eigenvalue weighted by molar-refractivity contribution is 5.85. The number of hydrogen-bond acceptors (Lipinski definition) is 4. The van der Waals surface area contributed by atoms with E-state index >= 15 is 0 Å². The number of esters is 1. The van der Waals surface area contributed by atoms with Gasteiger partial charge >= 0.3 is 5.97 Å². The minimum Gasteiger partial charge on any atom is -0.467 e. The van der Waals surface area contributed by atoms with Gasteiger partial charge in [0.25, 0.3) is 0 Å². The Morgan fingerprint density at radius 3 is 2.35 bits per heavy atom. The van der Waals surface area contributed by atoms with E-state index in [4.69, 9.17) is 5.11 Å². The van der Waals surface area contributed by atoms with Crippen LogP contribution in [0.2, 0.25) is 0 Å². The molecule has 1 rings (SSSR count). The largest absolute Gasteiger partial charge is 0.467 e. The minimum absolute atomic E-state index is 0.0313. The Balaban J connectivity index is 2.47. The summed E-state index contributed by atoms with van der Waals surface area (Å²) in [6, 6.07) is -0.934. The quantitative estimate of drug-likeness (QED) is 0.560. The van der Waals surface area contributed by atoms with Gasteiger partial charge in [0.15, 0.2) is 6.04 Å². The highest BCUT2D eigenvalue weighted by atomic mass is 16.5. The van der Waals surface area contributed by atoms with E-state index in [-0.39, 0.29) is 11.8 Å². The van der Waals surface area contributed by atoms with Gasteiger partial charge in [-0.05, 0) is 12.8 Å². The molecule has 1 saturated carbocycles. The summed E-state index contributed by atoms with van der Waals surface area (Å²) in [5.74, 6) is -0.776. The van der Waals surface area contributed by atoms with E-state index in [2.05, 4.69) is 10.1 Å². The highest BCUT2D eigenvalue weighted by Gasteiger charge is 2.25. The van der Waals surface area contributed by atoms with Crippen molar-refractivity contribution in [2.45, 2.75) is 44.6 Å². The molecule has 0 aromatic carbocycles. The monoisotopic (exact) mass is 243 g/mol. The first-order valence-corrected chi connectivity index (χ1v) is 6.18. The fourth-order valence-electron chi connectivity index (χ4n) is 2.15. The molecule has 0 spiro atoms. The Morgan fingerprint density at radius 2 is 1.88 bits per heavy atom. The summed E-state index contributed by atoms with van der Waals surface area (Å²) in [7, 11) is 1.24. The summed E-state index contributed by atoms with van der Waals surface area (Å²) in [5, 5.41) is 11.6. The molecule has 1 fully saturated rings. The van der Waals surface area contributed by atoms with Gasteiger partial charge in [0, 0.05) is 5.92 Å². The predicted octanol–water partition coefficient (Wildman–Crippen LogP) is 0.607. The second-order valence-electron chi connectivity index (χ2n) is 4.46. The van der Waals surface area contributed by atoms with Gasteiger partial charge in [-0.15, -0.1) is 0 Å². The SMILES string of the molecule is COC(=O)C(CO)NC(=O)C1CCCCCC1. The zero-order valence-corrected chi connectivity index (χ0v) is 10.3. The van der Waals surface area contributed by atoms with E-state index in [0.29, 0.717) is 0 Å². The van der Waals surface area contributed by atoms with Crippen molar-refractivity contribution in [1.82, 2.24) is 5.32 Å². The van der Waals surface area contributed by atoms with Gasteiger partial charge in [0.05, 0.1) is 13.7 Å². The molecule has 5 nitrogen and oxygen atoms in total. The van der Waals surface area contributed by atoms with Crippen LogP contribution in [0.3, 0.4) is 0 Å². The molecule has 1 unspecified atom stereocenters. The lowest BCUT2D eigenvalue weighted by Crippen LogP contribution is -2.46. The average molecular weight is 243 g/mol. The smallest absolute Gasteiger partial charge is 0.330 e. The maximum atomic E-state index is 11.9. The second-order valence-corrected chi connectivity index (χ2v) is 4.46. The Kier molecular flexibility index (Phi) is 5.97. The van der Waals surface area contributed by atoms with Crippen LogP contribution in [0.15, 0.2) is 0 Å². The van der Waals surface area contributed by atoms with Gasteiger partial charge in [-0.25, -0.2) is 4.79 Å². The lowest BCUT2D eigenvalue weighted by Gasteiger charge is -2.18. The van der Waals surface area contributed by atoms with E-state index in [1.54, 1.807) is 0 Å². The molecule has 1 aliphatic carbocycles. The van der Waals surface area contributed by atoms with Crippen LogP contribution in [0, 0.1) is 5.92 Å². The molecule has 0 aromatic rings. The van der Waals surface area contributed by atoms with Gasteiger partial charge in [-0.3, -0.25) is 4.79 Å². The van der Waals surface area contributed by atoms with E-state index in [9.17, 15) is 9.59 Å². The number of carbonyl (C=O) groups is 2. The van der Waals surface area contributed by atoms with Crippen LogP contribution in [0.4, 0.5) is 0 Å². The number of hydrogen-bond donors (Lipinski definition) is 2. The Labute approximate surface area is 102 Å². The Bertz CT molecular complexity index is 259. The van der Waals surface area contributed by atoms with Crippen LogP contribution in [-0.4, -0.2) is 36.7 Å². The first-order chi connectivity index (χ1) is 8.19. The molecule has 1 aliphatic rings. The summed E-state index contributed by atoms with van der Waals surface area (Å²) in [6.45, 7) is -0.425. The molecule has 1 amide bonds. The van der Waals surface area contributed by atoms with Crippen LogP contribution < -0.4 is 5.32 Å². The zero-order valence-electron chi connectivity index (χ0n) is 10.3. The van der Waals surface area contributed by atoms with E-state index < -0.39 is 18.6 Å². The molecule has 0 heterocycles. The van der Waals surface area contributed by atoms with Gasteiger partial charge in [-0.1, -0.05) is 25.7 Å². The van der Waals surface area contributed by atoms with Crippen molar-refractivity contribution in [1.29, 1.82) is 0 Å². The summed E-state index contributed by atoms with van der Waals surface area (Å²) >= 11 is 0. The van der Waals surface area contributed by atoms with Crippen LogP contribution in [0.25, 0.3) is 0 Å². The normalized spacial score (nSPS) is 19.2. The average Bonchev–Trinajstić information content (AvgIpc) is 2.63. The van der Waals surface area contributed by atoms with Gasteiger partial charge in [0.2, 0.25) is 5.91 Å². The third kappa shape index (κ3) is 4.34. The molecular weight excluding hydrogens is 222 g/mol. The van der Waals surface area contributed by atoms with Crippen molar-refractivity contribution in [3.05, 3.63) is 0 Å². The Morgan fingerprint density at radius 1 is 1.29 bits per heavy atom. The maximum absolute atomic E-state index is 11.9. The van der Waals surface area contributed by atoms with Crippen molar-refractivity contribution >= 4 is 11.9 Å². The zero-order chi connectivity index (χ0) is 12.7. The standard InChI is InChI=1S/C12H21NO4/c1-17-12(16)10(8-14)13-11(15)9-6-4-2-3-5-7-9/h9-10,14H,2-8H2,1H3,(H,13,15). The van der Waals surface area contributed by atoms with E-state index in [1.807, 2.05) is 0 Å². The number of methoxy groups -OCH3 is 1. The number of rotatable bonds is 4. The molecule has 0 radical (unpaired) electrons. The second kappa shape index (κ2) is 7.27. The lowest BCUT2D eigenvalue weighted by atomic mass is 9.99. The fraction of sp³-hybridized carbons (Fsp3) is 0.833. The molecule has 1 atom stereocenters. The molecule has 0 aliphatic heterocycles. The molecule has 17 heavy (non-hydrogen) atoms. The third-order valence-electron chi connectivity index (χ3n) is 3.21. The van der Waals surface area contributed by atoms with Crippen molar-refractivity contribution < 1.29 is 19.4 Å². The number of aliphatic hydroxyl groups is 1. The number of carbonyl (C=O) groups excluding carboxylic acids is 2. The molecular formula is C12H21NO4. The predicted molar refractivity (Wildman–Crippen MR) is 62.2 cm³/mol. The molecule has 0 aromatic heterocycles. The number of nitrogens with one attached hydrogen (secondary N) is 1. The molecule has 2 N–H and O–H groups in total. The third-order valence-corrected chi connectivity index (χ3v) is 3.21. The first kappa shape index (κ1) is 14.0. The van der Waals surface area contributed by atoms with Crippen molar-refractivity contribution in [2.75, 3.05) is 13.7 Å². The first-order valence-electron chi connectivity index (χ1n) is 6.18. The summed E-state index contributed by atoms with van der Waals surface area (Å²) < 4.78 is 4.50. The summed E-state index contributed by atoms with van der Waals surface area (Å²) in [6.07, 6.45) is 6.19. The topological polar surface area (TPSA) is 75.6 Å². The molecule has 5 heteroatoms. The molecule has 0 saturated heterocycles. The Hall–Kier alpha value is -1.10. The lowest BCUT2D eigenvalue weighted by molar-refractivity contribution is -0.146. The number of amides is 1. The highest BCUT2D eigenvalue weighted by Crippen LogP contribution is 2.22. The van der Waals surface area contributed by atoms with Crippen molar-refractivity contribution in [3.8, 4) is 0 Å². The van der Waals surface area contributed by atoms with Gasteiger partial charge < -0.3 is 15.2 Å². The molecule has 0 bridgehead atoms. The van der Waals surface area contributed by atoms with E-state index in [0.717, 1.165) is 25.7 Å². The number of aliphatic hydroxyl groups excluding tert-OH is 1. The van der Waals surface area contributed by atoms with Crippen molar-refractivity contribution in [3.63, 3.8) is 0 Å². The number of ether oxygens (including phenoxy) is 1. The van der Waals surface area contributed by atoms with Crippen molar-refractivity contribution in [2.24, 2.45) is 5.92 Å². The van der Waals surface area contributed by atoms with Crippen LogP contribution in [0.1, 0.15) is 38.5 Å². The fourth-order valence-corrected chi connectivity index (χ4v) is 2.15. The van der Waals surface area contributed by atoms with Crippen LogP contribution in [-0.2, 0) is 14.3 Å². The summed E-state index contributed by atoms with van der Waals surface area (Å²) in [4.78, 5) is 23.1. The van der Waals surface area contributed by atoms with E-state index in [1.165, 1.54) is 20.0 Å².